The number of fused-ring (bicyclic) bond motifs is 2. The average Bonchev–Trinajstić information content (AvgIpc) is 3.45. The van der Waals surface area contributed by atoms with Crippen LogP contribution < -0.4 is 15.8 Å². The van der Waals surface area contributed by atoms with E-state index in [-0.39, 0.29) is 34.7 Å². The minimum absolute atomic E-state index is 0.0337. The molecule has 0 aliphatic carbocycles. The quantitative estimate of drug-likeness (QED) is 0.300. The van der Waals surface area contributed by atoms with Crippen LogP contribution in [0.1, 0.15) is 28.5 Å². The van der Waals surface area contributed by atoms with Gasteiger partial charge in [0.2, 0.25) is 5.60 Å². The van der Waals surface area contributed by atoms with E-state index in [1.165, 1.54) is 24.3 Å². The summed E-state index contributed by atoms with van der Waals surface area (Å²) < 4.78 is 62.3. The molecule has 7 nitrogen and oxygen atoms in total. The maximum absolute atomic E-state index is 14.4. The van der Waals surface area contributed by atoms with Gasteiger partial charge in [-0.25, -0.2) is 9.37 Å². The first-order valence-corrected chi connectivity index (χ1v) is 11.3. The van der Waals surface area contributed by atoms with Gasteiger partial charge in [-0.2, -0.15) is 13.2 Å². The normalized spacial score (nSPS) is 18.8. The minimum Gasteiger partial charge on any atom is -0.489 e. The molecular weight excluding hydrogens is 492 g/mol. The highest BCUT2D eigenvalue weighted by Crippen LogP contribution is 2.46. The van der Waals surface area contributed by atoms with E-state index in [1.807, 2.05) is 0 Å². The van der Waals surface area contributed by atoms with Gasteiger partial charge in [0.1, 0.15) is 18.1 Å². The Balaban J connectivity index is 1.56. The van der Waals surface area contributed by atoms with E-state index < -0.39 is 41.3 Å². The number of pyridine rings is 1. The van der Waals surface area contributed by atoms with Crippen molar-refractivity contribution >= 4 is 16.8 Å². The second-order valence-corrected chi connectivity index (χ2v) is 9.27. The summed E-state index contributed by atoms with van der Waals surface area (Å²) in [6.45, 7) is 0.324. The molecule has 5 N–H and O–H groups in total. The van der Waals surface area contributed by atoms with Gasteiger partial charge in [-0.15, -0.1) is 0 Å². The molecule has 3 heterocycles. The van der Waals surface area contributed by atoms with E-state index >= 15 is 0 Å². The Morgan fingerprint density at radius 1 is 1.19 bits per heavy atom. The second-order valence-electron chi connectivity index (χ2n) is 9.27. The third-order valence-electron chi connectivity index (χ3n) is 6.44. The van der Waals surface area contributed by atoms with E-state index in [9.17, 15) is 27.5 Å². The first kappa shape index (κ1) is 24.7. The number of carbonyl (C=O) groups excluding carboxylic acids is 1. The number of nitrogens with two attached hydrogens (primary N) is 1. The van der Waals surface area contributed by atoms with Crippen LogP contribution in [0.5, 0.6) is 5.75 Å². The van der Waals surface area contributed by atoms with Crippen LogP contribution in [-0.4, -0.2) is 40.3 Å². The van der Waals surface area contributed by atoms with Crippen molar-refractivity contribution in [1.29, 1.82) is 0 Å². The summed E-state index contributed by atoms with van der Waals surface area (Å²) >= 11 is 0. The SMILES string of the molecule is CC1(N)COc2c1cc(C(O)(CNC(=O)c1ccc3[nH]ccc3c1)C(F)(F)F)nc2-c1ccc(F)cc1. The highest BCUT2D eigenvalue weighted by Gasteiger charge is 2.57. The fourth-order valence-corrected chi connectivity index (χ4v) is 4.26. The maximum Gasteiger partial charge on any atom is 0.424 e. The summed E-state index contributed by atoms with van der Waals surface area (Å²) in [5, 5.41) is 13.9. The van der Waals surface area contributed by atoms with Crippen LogP contribution in [0.15, 0.2) is 60.8 Å². The molecule has 0 saturated heterocycles. The number of benzene rings is 2. The predicted molar refractivity (Wildman–Crippen MR) is 127 cm³/mol. The molecule has 1 aliphatic rings. The summed E-state index contributed by atoms with van der Waals surface area (Å²) in [7, 11) is 0. The van der Waals surface area contributed by atoms with Gasteiger partial charge in [0.15, 0.2) is 5.75 Å². The molecule has 0 saturated carbocycles. The second kappa shape index (κ2) is 8.56. The highest BCUT2D eigenvalue weighted by molar-refractivity contribution is 5.98. The Hall–Kier alpha value is -3.96. The van der Waals surface area contributed by atoms with E-state index in [2.05, 4.69) is 15.3 Å². The smallest absolute Gasteiger partial charge is 0.424 e. The van der Waals surface area contributed by atoms with Gasteiger partial charge < -0.3 is 25.9 Å². The molecule has 2 unspecified atom stereocenters. The highest BCUT2D eigenvalue weighted by atomic mass is 19.4. The fraction of sp³-hybridized carbons (Fsp3) is 0.231. The van der Waals surface area contributed by atoms with Gasteiger partial charge in [-0.3, -0.25) is 4.79 Å². The van der Waals surface area contributed by atoms with Crippen LogP contribution in [-0.2, 0) is 11.1 Å². The number of nitrogens with one attached hydrogen (secondary N) is 2. The van der Waals surface area contributed by atoms with Crippen LogP contribution in [0.25, 0.3) is 22.2 Å². The molecule has 192 valence electrons. The van der Waals surface area contributed by atoms with Gasteiger partial charge in [-0.1, -0.05) is 0 Å². The van der Waals surface area contributed by atoms with E-state index in [0.29, 0.717) is 5.39 Å². The largest absolute Gasteiger partial charge is 0.489 e. The molecule has 0 radical (unpaired) electrons. The molecule has 1 aliphatic heterocycles. The topological polar surface area (TPSA) is 113 Å². The van der Waals surface area contributed by atoms with Gasteiger partial charge in [0, 0.05) is 33.8 Å². The number of hydrogen-bond acceptors (Lipinski definition) is 5. The average molecular weight is 514 g/mol. The van der Waals surface area contributed by atoms with Crippen molar-refractivity contribution in [2.45, 2.75) is 24.2 Å². The Labute approximate surface area is 208 Å². The molecule has 4 aromatic rings. The molecule has 2 aromatic carbocycles. The number of amides is 1. The number of hydrogen-bond donors (Lipinski definition) is 4. The van der Waals surface area contributed by atoms with Crippen LogP contribution in [0.4, 0.5) is 17.6 Å². The van der Waals surface area contributed by atoms with Crippen LogP contribution in [0, 0.1) is 5.82 Å². The van der Waals surface area contributed by atoms with Gasteiger partial charge >= 0.3 is 6.18 Å². The van der Waals surface area contributed by atoms with Crippen molar-refractivity contribution in [1.82, 2.24) is 15.3 Å². The molecule has 2 aromatic heterocycles. The van der Waals surface area contributed by atoms with Gasteiger partial charge in [0.05, 0.1) is 17.8 Å². The Bertz CT molecular complexity index is 1500. The molecule has 2 atom stereocenters. The number of ether oxygens (including phenoxy) is 1. The number of carbonyl (C=O) groups is 1. The lowest BCUT2D eigenvalue weighted by atomic mass is 9.89. The molecular formula is C26H22F4N4O3. The third kappa shape index (κ3) is 4.30. The zero-order valence-corrected chi connectivity index (χ0v) is 19.5. The lowest BCUT2D eigenvalue weighted by Crippen LogP contribution is -2.51. The first-order chi connectivity index (χ1) is 17.4. The molecule has 0 fully saturated rings. The first-order valence-electron chi connectivity index (χ1n) is 11.3. The number of rotatable bonds is 5. The van der Waals surface area contributed by atoms with Crippen LogP contribution in [0.3, 0.4) is 0 Å². The van der Waals surface area contributed by atoms with Crippen molar-refractivity contribution < 1.29 is 32.2 Å². The molecule has 5 rings (SSSR count). The van der Waals surface area contributed by atoms with Crippen molar-refractivity contribution in [2.24, 2.45) is 5.73 Å². The van der Waals surface area contributed by atoms with Gasteiger partial charge in [0.25, 0.3) is 5.91 Å². The number of aromatic amines is 1. The number of nitrogens with zero attached hydrogens (tertiary/aromatic N) is 1. The monoisotopic (exact) mass is 514 g/mol. The lowest BCUT2D eigenvalue weighted by Gasteiger charge is -2.31. The van der Waals surface area contributed by atoms with E-state index in [0.717, 1.165) is 23.7 Å². The van der Waals surface area contributed by atoms with E-state index in [1.54, 1.807) is 25.3 Å². The number of H-pyrrole nitrogens is 1. The number of aromatic nitrogens is 2. The Morgan fingerprint density at radius 3 is 2.62 bits per heavy atom. The number of halogens is 4. The van der Waals surface area contributed by atoms with Crippen molar-refractivity contribution in [3.63, 3.8) is 0 Å². The number of alkyl halides is 3. The summed E-state index contributed by atoms with van der Waals surface area (Å²) in [6, 6.07) is 12.3. The Kier molecular flexibility index (Phi) is 5.72. The van der Waals surface area contributed by atoms with E-state index in [4.69, 9.17) is 10.5 Å². The predicted octanol–water partition coefficient (Wildman–Crippen LogP) is 4.12. The lowest BCUT2D eigenvalue weighted by molar-refractivity contribution is -0.265. The fourth-order valence-electron chi connectivity index (χ4n) is 4.26. The molecule has 0 spiro atoms. The van der Waals surface area contributed by atoms with Crippen LogP contribution >= 0.6 is 0 Å². The summed E-state index contributed by atoms with van der Waals surface area (Å²) in [6.07, 6.45) is -3.56. The van der Waals surface area contributed by atoms with Gasteiger partial charge in [-0.05, 0) is 61.5 Å². The molecule has 0 bridgehead atoms. The van der Waals surface area contributed by atoms with Crippen molar-refractivity contribution in [3.8, 4) is 17.0 Å². The summed E-state index contributed by atoms with van der Waals surface area (Å²) in [5.74, 6) is -1.21. The van der Waals surface area contributed by atoms with Crippen molar-refractivity contribution in [2.75, 3.05) is 13.2 Å². The zero-order chi connectivity index (χ0) is 26.6. The molecule has 1 amide bonds. The zero-order valence-electron chi connectivity index (χ0n) is 19.5. The summed E-state index contributed by atoms with van der Waals surface area (Å²) in [5.41, 5.74) is 2.06. The Morgan fingerprint density at radius 2 is 1.92 bits per heavy atom. The van der Waals surface area contributed by atoms with Crippen LogP contribution in [0.2, 0.25) is 0 Å². The summed E-state index contributed by atoms with van der Waals surface area (Å²) in [4.78, 5) is 19.8. The minimum atomic E-state index is -5.23. The maximum atomic E-state index is 14.4. The molecule has 37 heavy (non-hydrogen) atoms. The van der Waals surface area contributed by atoms with Crippen molar-refractivity contribution in [3.05, 3.63) is 83.4 Å². The molecule has 11 heteroatoms. The third-order valence-corrected chi connectivity index (χ3v) is 6.44. The standard InChI is InChI=1S/C26H22F4N4O3/c1-24(31)13-37-22-18(24)11-20(34-21(22)14-2-5-17(27)6-3-14)25(36,26(28,29)30)12-33-23(35)16-4-7-19-15(10-16)8-9-32-19/h2-11,32,36H,12-13,31H2,1H3,(H,33,35). The number of aliphatic hydroxyl groups is 1.